The van der Waals surface area contributed by atoms with E-state index in [1.165, 1.54) is 0 Å². The Kier molecular flexibility index (Phi) is 5.38. The summed E-state index contributed by atoms with van der Waals surface area (Å²) >= 11 is 0. The summed E-state index contributed by atoms with van der Waals surface area (Å²) < 4.78 is 5.13. The molecule has 0 aromatic heterocycles. The topological polar surface area (TPSA) is 38.3 Å². The standard InChI is InChI=1S/C18H21NO2/c1-3-21-18(20)17(13-15-9-7-8-10-15)19-14(2)16-11-5-4-6-12-16/h4-15,19H,3H2,1-2H3/b17-13+/t14-/m1/s1. The van der Waals surface area contributed by atoms with Gasteiger partial charge in [-0.3, -0.25) is 0 Å². The van der Waals surface area contributed by atoms with Crippen LogP contribution in [0.4, 0.5) is 0 Å². The van der Waals surface area contributed by atoms with Crippen molar-refractivity contribution in [2.75, 3.05) is 6.61 Å². The fourth-order valence-corrected chi connectivity index (χ4v) is 2.19. The number of allylic oxidation sites excluding steroid dienone is 5. The van der Waals surface area contributed by atoms with Gasteiger partial charge in [0.15, 0.2) is 0 Å². The minimum atomic E-state index is -0.311. The van der Waals surface area contributed by atoms with Crippen molar-refractivity contribution in [1.82, 2.24) is 5.32 Å². The molecule has 0 saturated heterocycles. The molecule has 3 heteroatoms. The summed E-state index contributed by atoms with van der Waals surface area (Å²) in [6.45, 7) is 4.21. The Morgan fingerprint density at radius 1 is 1.29 bits per heavy atom. The van der Waals surface area contributed by atoms with Crippen LogP contribution in [0.3, 0.4) is 0 Å². The van der Waals surface area contributed by atoms with Crippen molar-refractivity contribution in [3.63, 3.8) is 0 Å². The van der Waals surface area contributed by atoms with Crippen molar-refractivity contribution in [2.45, 2.75) is 19.9 Å². The number of hydrogen-bond acceptors (Lipinski definition) is 3. The van der Waals surface area contributed by atoms with E-state index >= 15 is 0 Å². The zero-order valence-corrected chi connectivity index (χ0v) is 12.5. The maximum Gasteiger partial charge on any atom is 0.354 e. The van der Waals surface area contributed by atoms with Gasteiger partial charge >= 0.3 is 5.97 Å². The van der Waals surface area contributed by atoms with Gasteiger partial charge in [0, 0.05) is 12.0 Å². The molecule has 0 saturated carbocycles. The molecule has 0 radical (unpaired) electrons. The maximum atomic E-state index is 12.1. The van der Waals surface area contributed by atoms with Crippen molar-refractivity contribution < 1.29 is 9.53 Å². The first-order chi connectivity index (χ1) is 10.2. The highest BCUT2D eigenvalue weighted by molar-refractivity contribution is 5.88. The summed E-state index contributed by atoms with van der Waals surface area (Å²) in [5, 5.41) is 3.26. The number of carbonyl (C=O) groups excluding carboxylic acids is 1. The average Bonchev–Trinajstić information content (AvgIpc) is 3.00. The van der Waals surface area contributed by atoms with Crippen LogP contribution in [0.25, 0.3) is 0 Å². The molecule has 3 nitrogen and oxygen atoms in total. The van der Waals surface area contributed by atoms with E-state index in [1.54, 1.807) is 0 Å². The summed E-state index contributed by atoms with van der Waals surface area (Å²) in [6, 6.07) is 10.1. The highest BCUT2D eigenvalue weighted by Gasteiger charge is 2.16. The van der Waals surface area contributed by atoms with Crippen LogP contribution in [-0.2, 0) is 9.53 Å². The lowest BCUT2D eigenvalue weighted by molar-refractivity contribution is -0.139. The molecule has 0 aliphatic heterocycles. The Morgan fingerprint density at radius 3 is 2.57 bits per heavy atom. The molecule has 0 spiro atoms. The predicted octanol–water partition coefficient (Wildman–Crippen LogP) is 3.53. The van der Waals surface area contributed by atoms with E-state index < -0.39 is 0 Å². The average molecular weight is 283 g/mol. The molecule has 21 heavy (non-hydrogen) atoms. The number of rotatable bonds is 6. The van der Waals surface area contributed by atoms with E-state index in [9.17, 15) is 4.79 Å². The molecule has 1 aromatic carbocycles. The number of carbonyl (C=O) groups is 1. The van der Waals surface area contributed by atoms with Crippen LogP contribution in [0.5, 0.6) is 0 Å². The molecule has 1 aliphatic rings. The van der Waals surface area contributed by atoms with Gasteiger partial charge in [0.25, 0.3) is 0 Å². The highest BCUT2D eigenvalue weighted by atomic mass is 16.5. The Bertz CT molecular complexity index is 546. The molecular weight excluding hydrogens is 262 g/mol. The first-order valence-electron chi connectivity index (χ1n) is 7.26. The van der Waals surface area contributed by atoms with Crippen LogP contribution in [-0.4, -0.2) is 12.6 Å². The first kappa shape index (κ1) is 15.1. The maximum absolute atomic E-state index is 12.1. The van der Waals surface area contributed by atoms with Crippen molar-refractivity contribution in [1.29, 1.82) is 0 Å². The monoisotopic (exact) mass is 283 g/mol. The quantitative estimate of drug-likeness (QED) is 0.641. The van der Waals surface area contributed by atoms with Crippen LogP contribution in [0.1, 0.15) is 25.5 Å². The van der Waals surface area contributed by atoms with Crippen LogP contribution in [0, 0.1) is 5.92 Å². The molecule has 0 fully saturated rings. The summed E-state index contributed by atoms with van der Waals surface area (Å²) in [4.78, 5) is 12.1. The molecule has 0 bridgehead atoms. The van der Waals surface area contributed by atoms with E-state index in [2.05, 4.69) is 5.32 Å². The smallest absolute Gasteiger partial charge is 0.354 e. The third-order valence-corrected chi connectivity index (χ3v) is 3.30. The zero-order valence-electron chi connectivity index (χ0n) is 12.5. The third-order valence-electron chi connectivity index (χ3n) is 3.30. The first-order valence-corrected chi connectivity index (χ1v) is 7.26. The van der Waals surface area contributed by atoms with E-state index in [1.807, 2.05) is 74.6 Å². The minimum Gasteiger partial charge on any atom is -0.461 e. The van der Waals surface area contributed by atoms with Crippen molar-refractivity contribution in [3.05, 3.63) is 72.0 Å². The second kappa shape index (κ2) is 7.48. The van der Waals surface area contributed by atoms with E-state index in [4.69, 9.17) is 4.74 Å². The van der Waals surface area contributed by atoms with Crippen LogP contribution in [0.15, 0.2) is 66.4 Å². The summed E-state index contributed by atoms with van der Waals surface area (Å²) in [5.74, 6) is -0.172. The van der Waals surface area contributed by atoms with E-state index in [0.29, 0.717) is 12.3 Å². The Balaban J connectivity index is 2.13. The van der Waals surface area contributed by atoms with Gasteiger partial charge in [0.1, 0.15) is 5.70 Å². The van der Waals surface area contributed by atoms with Crippen molar-refractivity contribution in [2.24, 2.45) is 5.92 Å². The normalized spacial score (nSPS) is 16.0. The van der Waals surface area contributed by atoms with Gasteiger partial charge in [0.05, 0.1) is 6.61 Å². The molecule has 1 aliphatic carbocycles. The van der Waals surface area contributed by atoms with Crippen molar-refractivity contribution in [3.8, 4) is 0 Å². The molecule has 0 heterocycles. The summed E-state index contributed by atoms with van der Waals surface area (Å²) in [6.07, 6.45) is 9.93. The molecular formula is C18H21NO2. The van der Waals surface area contributed by atoms with Gasteiger partial charge in [-0.2, -0.15) is 0 Å². The molecule has 1 atom stereocenters. The molecule has 1 aromatic rings. The molecule has 110 valence electrons. The largest absolute Gasteiger partial charge is 0.461 e. The van der Waals surface area contributed by atoms with Gasteiger partial charge in [-0.05, 0) is 25.5 Å². The Morgan fingerprint density at radius 2 is 1.95 bits per heavy atom. The third kappa shape index (κ3) is 4.35. The van der Waals surface area contributed by atoms with E-state index in [-0.39, 0.29) is 17.9 Å². The fourth-order valence-electron chi connectivity index (χ4n) is 2.19. The lowest BCUT2D eigenvalue weighted by Gasteiger charge is -2.18. The zero-order chi connectivity index (χ0) is 15.1. The SMILES string of the molecule is CCOC(=O)/C(=C\C1C=CC=C1)N[C@H](C)c1ccccc1. The van der Waals surface area contributed by atoms with Crippen molar-refractivity contribution >= 4 is 5.97 Å². The summed E-state index contributed by atoms with van der Waals surface area (Å²) in [5.41, 5.74) is 1.64. The van der Waals surface area contributed by atoms with Gasteiger partial charge in [-0.25, -0.2) is 4.79 Å². The second-order valence-corrected chi connectivity index (χ2v) is 4.92. The lowest BCUT2D eigenvalue weighted by atomic mass is 10.1. The van der Waals surface area contributed by atoms with Gasteiger partial charge in [-0.15, -0.1) is 0 Å². The molecule has 2 rings (SSSR count). The Hall–Kier alpha value is -2.29. The number of esters is 1. The van der Waals surface area contributed by atoms with Crippen LogP contribution >= 0.6 is 0 Å². The fraction of sp³-hybridized carbons (Fsp3) is 0.278. The molecule has 0 unspecified atom stereocenters. The lowest BCUT2D eigenvalue weighted by Crippen LogP contribution is -2.26. The number of hydrogen-bond donors (Lipinski definition) is 1. The molecule has 1 N–H and O–H groups in total. The van der Waals surface area contributed by atoms with Gasteiger partial charge < -0.3 is 10.1 Å². The summed E-state index contributed by atoms with van der Waals surface area (Å²) in [7, 11) is 0. The number of benzene rings is 1. The van der Waals surface area contributed by atoms with Crippen LogP contribution in [0.2, 0.25) is 0 Å². The minimum absolute atomic E-state index is 0.0382. The number of ether oxygens (including phenoxy) is 1. The van der Waals surface area contributed by atoms with Gasteiger partial charge in [0.2, 0.25) is 0 Å². The Labute approximate surface area is 126 Å². The van der Waals surface area contributed by atoms with E-state index in [0.717, 1.165) is 5.56 Å². The highest BCUT2D eigenvalue weighted by Crippen LogP contribution is 2.17. The predicted molar refractivity (Wildman–Crippen MR) is 84.5 cm³/mol. The number of nitrogens with one attached hydrogen (secondary N) is 1. The second-order valence-electron chi connectivity index (χ2n) is 4.92. The molecule has 0 amide bonds. The van der Waals surface area contributed by atoms with Gasteiger partial charge in [-0.1, -0.05) is 54.6 Å². The van der Waals surface area contributed by atoms with Crippen LogP contribution < -0.4 is 5.32 Å².